The van der Waals surface area contributed by atoms with E-state index in [4.69, 9.17) is 0 Å². The van der Waals surface area contributed by atoms with Crippen molar-refractivity contribution in [3.63, 3.8) is 0 Å². The molecule has 0 atom stereocenters. The van der Waals surface area contributed by atoms with Crippen molar-refractivity contribution >= 4 is 17.8 Å². The molecule has 1 heterocycles. The Balaban J connectivity index is 2.24. The van der Waals surface area contributed by atoms with Crippen LogP contribution < -0.4 is 10.6 Å². The zero-order valence-electron chi connectivity index (χ0n) is 15.6. The van der Waals surface area contributed by atoms with Gasteiger partial charge in [-0.1, -0.05) is 13.8 Å². The van der Waals surface area contributed by atoms with Gasteiger partial charge >= 0.3 is 6.03 Å². The number of amides is 4. The number of nitrogens with one attached hydrogen (secondary N) is 2. The molecule has 1 saturated heterocycles. The maximum atomic E-state index is 12.0. The van der Waals surface area contributed by atoms with Crippen molar-refractivity contribution in [3.8, 4) is 0 Å². The van der Waals surface area contributed by atoms with E-state index in [1.54, 1.807) is 0 Å². The van der Waals surface area contributed by atoms with E-state index in [1.807, 2.05) is 39.5 Å². The smallest absolute Gasteiger partial charge is 0.321 e. The third-order valence-corrected chi connectivity index (χ3v) is 3.70. The lowest BCUT2D eigenvalue weighted by Crippen LogP contribution is -2.50. The zero-order chi connectivity index (χ0) is 18.3. The first-order valence-corrected chi connectivity index (χ1v) is 8.69. The Labute approximate surface area is 145 Å². The maximum Gasteiger partial charge on any atom is 0.321 e. The highest BCUT2D eigenvalue weighted by molar-refractivity contribution is 5.94. The lowest BCUT2D eigenvalue weighted by Gasteiger charge is -2.35. The lowest BCUT2D eigenvalue weighted by molar-refractivity contribution is -0.134. The van der Waals surface area contributed by atoms with Crippen LogP contribution in [0.15, 0.2) is 0 Å². The Kier molecular flexibility index (Phi) is 7.66. The van der Waals surface area contributed by atoms with Gasteiger partial charge in [-0.05, 0) is 26.7 Å². The molecule has 0 unspecified atom stereocenters. The van der Waals surface area contributed by atoms with Crippen LogP contribution in [0.2, 0.25) is 0 Å². The Morgan fingerprint density at radius 1 is 1.04 bits per heavy atom. The van der Waals surface area contributed by atoms with Gasteiger partial charge in [-0.15, -0.1) is 0 Å². The number of piperazine rings is 1. The summed E-state index contributed by atoms with van der Waals surface area (Å²) < 4.78 is 0. The Bertz CT molecular complexity index is 449. The number of hydrogen-bond acceptors (Lipinski definition) is 4. The number of carbonyl (C=O) groups is 3. The number of rotatable bonds is 5. The van der Waals surface area contributed by atoms with Gasteiger partial charge in [-0.25, -0.2) is 4.79 Å². The molecule has 0 spiro atoms. The Hall–Kier alpha value is -1.63. The maximum absolute atomic E-state index is 12.0. The summed E-state index contributed by atoms with van der Waals surface area (Å²) in [7, 11) is 0. The molecule has 0 aromatic heterocycles. The van der Waals surface area contributed by atoms with Crippen LogP contribution in [-0.2, 0) is 9.59 Å². The number of nitrogens with zero attached hydrogens (tertiary/aromatic N) is 2. The predicted molar refractivity (Wildman–Crippen MR) is 93.5 cm³/mol. The summed E-state index contributed by atoms with van der Waals surface area (Å²) in [6, 6.07) is -0.461. The van der Waals surface area contributed by atoms with Crippen LogP contribution in [0.1, 0.15) is 47.5 Å². The van der Waals surface area contributed by atoms with Crippen molar-refractivity contribution in [2.75, 3.05) is 32.7 Å². The fourth-order valence-corrected chi connectivity index (χ4v) is 2.52. The monoisotopic (exact) mass is 340 g/mol. The number of urea groups is 1. The van der Waals surface area contributed by atoms with E-state index in [1.165, 1.54) is 0 Å². The first kappa shape index (κ1) is 20.4. The van der Waals surface area contributed by atoms with Crippen molar-refractivity contribution in [1.82, 2.24) is 20.4 Å². The van der Waals surface area contributed by atoms with Crippen molar-refractivity contribution in [2.24, 2.45) is 5.92 Å². The molecule has 1 aliphatic rings. The highest BCUT2D eigenvalue weighted by atomic mass is 16.2. The summed E-state index contributed by atoms with van der Waals surface area (Å²) >= 11 is 0. The van der Waals surface area contributed by atoms with Gasteiger partial charge in [-0.2, -0.15) is 0 Å². The van der Waals surface area contributed by atoms with Gasteiger partial charge in [0.15, 0.2) is 0 Å². The standard InChI is InChI=1S/C17H32N4O3/c1-13(2)12-15(23)21-10-8-20(9-11-21)7-6-14(22)18-16(24)19-17(3,4)5/h13H,6-12H2,1-5H3,(H2,18,19,22,24). The summed E-state index contributed by atoms with van der Waals surface area (Å²) in [6.07, 6.45) is 0.864. The molecule has 138 valence electrons. The number of carbonyl (C=O) groups excluding carboxylic acids is 3. The third kappa shape index (κ3) is 8.29. The van der Waals surface area contributed by atoms with Crippen molar-refractivity contribution in [1.29, 1.82) is 0 Å². The van der Waals surface area contributed by atoms with Gasteiger partial charge in [0.05, 0.1) is 0 Å². The second-order valence-corrected chi connectivity index (χ2v) is 7.82. The van der Waals surface area contributed by atoms with Gasteiger partial charge in [-0.3, -0.25) is 19.8 Å². The van der Waals surface area contributed by atoms with Gasteiger partial charge < -0.3 is 10.2 Å². The lowest BCUT2D eigenvalue weighted by atomic mass is 10.1. The summed E-state index contributed by atoms with van der Waals surface area (Å²) in [6.45, 7) is 13.2. The van der Waals surface area contributed by atoms with Crippen molar-refractivity contribution in [2.45, 2.75) is 53.0 Å². The molecule has 0 aromatic carbocycles. The van der Waals surface area contributed by atoms with Gasteiger partial charge in [0, 0.05) is 51.1 Å². The van der Waals surface area contributed by atoms with Crippen molar-refractivity contribution < 1.29 is 14.4 Å². The molecule has 1 aliphatic heterocycles. The fourth-order valence-electron chi connectivity index (χ4n) is 2.52. The molecule has 7 heteroatoms. The topological polar surface area (TPSA) is 81.8 Å². The third-order valence-electron chi connectivity index (χ3n) is 3.70. The second kappa shape index (κ2) is 9.01. The van der Waals surface area contributed by atoms with E-state index in [0.29, 0.717) is 32.0 Å². The average molecular weight is 340 g/mol. The number of hydrogen-bond donors (Lipinski definition) is 2. The summed E-state index contributed by atoms with van der Waals surface area (Å²) in [5, 5.41) is 5.04. The van der Waals surface area contributed by atoms with Crippen LogP contribution in [0.3, 0.4) is 0 Å². The van der Waals surface area contributed by atoms with Crippen molar-refractivity contribution in [3.05, 3.63) is 0 Å². The van der Waals surface area contributed by atoms with Crippen LogP contribution in [0.5, 0.6) is 0 Å². The fraction of sp³-hybridized carbons (Fsp3) is 0.824. The summed E-state index contributed by atoms with van der Waals surface area (Å²) in [5.41, 5.74) is -0.372. The largest absolute Gasteiger partial charge is 0.340 e. The van der Waals surface area contributed by atoms with E-state index in [0.717, 1.165) is 13.1 Å². The highest BCUT2D eigenvalue weighted by Gasteiger charge is 2.22. The van der Waals surface area contributed by atoms with Crippen LogP contribution in [0, 0.1) is 5.92 Å². The molecule has 24 heavy (non-hydrogen) atoms. The highest BCUT2D eigenvalue weighted by Crippen LogP contribution is 2.08. The second-order valence-electron chi connectivity index (χ2n) is 7.82. The minimum Gasteiger partial charge on any atom is -0.340 e. The first-order valence-electron chi connectivity index (χ1n) is 8.69. The first-order chi connectivity index (χ1) is 11.1. The normalized spacial score (nSPS) is 16.2. The number of imide groups is 1. The minimum atomic E-state index is -0.461. The summed E-state index contributed by atoms with van der Waals surface area (Å²) in [4.78, 5) is 39.5. The van der Waals surface area contributed by atoms with Crippen LogP contribution in [-0.4, -0.2) is 65.9 Å². The van der Waals surface area contributed by atoms with Gasteiger partial charge in [0.1, 0.15) is 0 Å². The molecule has 0 aliphatic carbocycles. The van der Waals surface area contributed by atoms with E-state index in [-0.39, 0.29) is 23.8 Å². The molecule has 0 aromatic rings. The Morgan fingerprint density at radius 3 is 2.12 bits per heavy atom. The zero-order valence-corrected chi connectivity index (χ0v) is 15.6. The van der Waals surface area contributed by atoms with Gasteiger partial charge in [0.25, 0.3) is 0 Å². The molecule has 4 amide bonds. The van der Waals surface area contributed by atoms with E-state index >= 15 is 0 Å². The average Bonchev–Trinajstić information content (AvgIpc) is 2.42. The van der Waals surface area contributed by atoms with Crippen LogP contribution in [0.4, 0.5) is 4.79 Å². The van der Waals surface area contributed by atoms with E-state index < -0.39 is 6.03 Å². The quantitative estimate of drug-likeness (QED) is 0.788. The molecular formula is C17H32N4O3. The SMILES string of the molecule is CC(C)CC(=O)N1CCN(CCC(=O)NC(=O)NC(C)(C)C)CC1. The molecular weight excluding hydrogens is 308 g/mol. The van der Waals surface area contributed by atoms with E-state index in [9.17, 15) is 14.4 Å². The molecule has 7 nitrogen and oxygen atoms in total. The molecule has 0 bridgehead atoms. The Morgan fingerprint density at radius 2 is 1.62 bits per heavy atom. The van der Waals surface area contributed by atoms with E-state index in [2.05, 4.69) is 15.5 Å². The molecule has 1 rings (SSSR count). The molecule has 1 fully saturated rings. The molecule has 0 saturated carbocycles. The predicted octanol–water partition coefficient (Wildman–Crippen LogP) is 1.19. The van der Waals surface area contributed by atoms with Crippen LogP contribution >= 0.6 is 0 Å². The minimum absolute atomic E-state index is 0.209. The van der Waals surface area contributed by atoms with Crippen LogP contribution in [0.25, 0.3) is 0 Å². The van der Waals surface area contributed by atoms with Gasteiger partial charge in [0.2, 0.25) is 11.8 Å². The summed E-state index contributed by atoms with van der Waals surface area (Å²) in [5.74, 6) is 0.301. The molecule has 0 radical (unpaired) electrons. The molecule has 2 N–H and O–H groups in total.